The van der Waals surface area contributed by atoms with Gasteiger partial charge in [-0.2, -0.15) is 5.26 Å². The fraction of sp³-hybridized carbons (Fsp3) is 0.350. The molecule has 1 unspecified atom stereocenters. The van der Waals surface area contributed by atoms with Gasteiger partial charge in [-0.25, -0.2) is 4.98 Å². The highest BCUT2D eigenvalue weighted by Crippen LogP contribution is 2.28. The summed E-state index contributed by atoms with van der Waals surface area (Å²) in [5.41, 5.74) is 1.09. The Hall–Kier alpha value is -2.36. The van der Waals surface area contributed by atoms with Gasteiger partial charge in [0.25, 0.3) is 5.91 Å². The van der Waals surface area contributed by atoms with Crippen LogP contribution in [0.1, 0.15) is 28.9 Å². The van der Waals surface area contributed by atoms with Gasteiger partial charge >= 0.3 is 0 Å². The molecule has 0 saturated carbocycles. The summed E-state index contributed by atoms with van der Waals surface area (Å²) in [6.45, 7) is 3.32. The Balaban J connectivity index is 1.39. The summed E-state index contributed by atoms with van der Waals surface area (Å²) < 4.78 is 0. The van der Waals surface area contributed by atoms with Crippen molar-refractivity contribution < 1.29 is 4.79 Å². The normalized spacial score (nSPS) is 24.0. The van der Waals surface area contributed by atoms with Crippen molar-refractivity contribution in [3.63, 3.8) is 0 Å². The van der Waals surface area contributed by atoms with E-state index in [0.717, 1.165) is 16.5 Å². The standard InChI is InChI=1S/C20H20N4OS/c21-12-16-2-1-3-19(22-16)26-17-6-4-15(5-7-17)20(25)23-18-13-24-10-8-14(18)9-11-24/h1-7,14,18H,8-11,13H2,(H,23,25). The second-order valence-electron chi connectivity index (χ2n) is 6.82. The number of piperidine rings is 3. The second kappa shape index (κ2) is 7.48. The van der Waals surface area contributed by atoms with Gasteiger partial charge in [0, 0.05) is 23.0 Å². The van der Waals surface area contributed by atoms with E-state index < -0.39 is 0 Å². The number of nitriles is 1. The van der Waals surface area contributed by atoms with Crippen LogP contribution in [0.3, 0.4) is 0 Å². The van der Waals surface area contributed by atoms with Crippen LogP contribution in [-0.2, 0) is 0 Å². The van der Waals surface area contributed by atoms with Crippen molar-refractivity contribution in [3.05, 3.63) is 53.7 Å². The van der Waals surface area contributed by atoms with E-state index in [1.807, 2.05) is 42.5 Å². The summed E-state index contributed by atoms with van der Waals surface area (Å²) in [6, 6.07) is 15.3. The number of amides is 1. The monoisotopic (exact) mass is 364 g/mol. The molecule has 4 heterocycles. The van der Waals surface area contributed by atoms with Crippen molar-refractivity contribution in [1.82, 2.24) is 15.2 Å². The topological polar surface area (TPSA) is 69.0 Å². The summed E-state index contributed by atoms with van der Waals surface area (Å²) in [5, 5.41) is 12.9. The quantitative estimate of drug-likeness (QED) is 0.903. The summed E-state index contributed by atoms with van der Waals surface area (Å²) >= 11 is 1.48. The molecule has 3 fully saturated rings. The van der Waals surface area contributed by atoms with Gasteiger partial charge in [-0.1, -0.05) is 17.8 Å². The zero-order valence-electron chi connectivity index (χ0n) is 14.4. The molecule has 2 bridgehead atoms. The van der Waals surface area contributed by atoms with E-state index in [1.165, 1.54) is 37.7 Å². The van der Waals surface area contributed by atoms with Crippen molar-refractivity contribution >= 4 is 17.7 Å². The van der Waals surface area contributed by atoms with E-state index in [0.29, 0.717) is 17.2 Å². The molecule has 6 heteroatoms. The molecule has 1 aromatic heterocycles. The first-order valence-corrected chi connectivity index (χ1v) is 9.71. The molecule has 0 spiro atoms. The molecule has 5 rings (SSSR count). The summed E-state index contributed by atoms with van der Waals surface area (Å²) in [5.74, 6) is 0.627. The van der Waals surface area contributed by atoms with E-state index in [2.05, 4.69) is 15.2 Å². The van der Waals surface area contributed by atoms with Crippen molar-refractivity contribution in [3.8, 4) is 6.07 Å². The molecule has 1 aromatic carbocycles. The average molecular weight is 364 g/mol. The Morgan fingerprint density at radius 1 is 1.19 bits per heavy atom. The number of benzene rings is 1. The molecule has 3 aliphatic heterocycles. The molecule has 3 aliphatic rings. The van der Waals surface area contributed by atoms with Crippen LogP contribution in [0, 0.1) is 17.2 Å². The fourth-order valence-electron chi connectivity index (χ4n) is 3.71. The molecule has 1 amide bonds. The molecule has 26 heavy (non-hydrogen) atoms. The predicted molar refractivity (Wildman–Crippen MR) is 99.9 cm³/mol. The van der Waals surface area contributed by atoms with Gasteiger partial charge in [-0.05, 0) is 68.2 Å². The van der Waals surface area contributed by atoms with E-state index in [1.54, 1.807) is 6.07 Å². The van der Waals surface area contributed by atoms with E-state index >= 15 is 0 Å². The Morgan fingerprint density at radius 3 is 2.62 bits per heavy atom. The van der Waals surface area contributed by atoms with Gasteiger partial charge in [-0.15, -0.1) is 0 Å². The minimum atomic E-state index is 0.00454. The molecule has 3 saturated heterocycles. The number of hydrogen-bond donors (Lipinski definition) is 1. The third kappa shape index (κ3) is 3.74. The van der Waals surface area contributed by atoms with Crippen LogP contribution in [0.15, 0.2) is 52.4 Å². The molecule has 1 atom stereocenters. The molecule has 0 radical (unpaired) electrons. The number of fused-ring (bicyclic) bond motifs is 3. The molecule has 5 nitrogen and oxygen atoms in total. The highest BCUT2D eigenvalue weighted by atomic mass is 32.2. The van der Waals surface area contributed by atoms with Crippen LogP contribution in [0.4, 0.5) is 0 Å². The highest BCUT2D eigenvalue weighted by molar-refractivity contribution is 7.99. The van der Waals surface area contributed by atoms with Crippen LogP contribution in [0.2, 0.25) is 0 Å². The Labute approximate surface area is 157 Å². The first kappa shape index (κ1) is 17.1. The van der Waals surface area contributed by atoms with Crippen molar-refractivity contribution in [2.45, 2.75) is 28.8 Å². The van der Waals surface area contributed by atoms with Gasteiger partial charge in [0.15, 0.2) is 0 Å². The minimum Gasteiger partial charge on any atom is -0.348 e. The van der Waals surface area contributed by atoms with E-state index in [9.17, 15) is 4.79 Å². The molecule has 0 aliphatic carbocycles. The van der Waals surface area contributed by atoms with Crippen molar-refractivity contribution in [2.75, 3.05) is 19.6 Å². The second-order valence-corrected chi connectivity index (χ2v) is 7.91. The number of pyridine rings is 1. The van der Waals surface area contributed by atoms with Crippen LogP contribution in [0.25, 0.3) is 0 Å². The van der Waals surface area contributed by atoms with Crippen LogP contribution in [-0.4, -0.2) is 41.5 Å². The van der Waals surface area contributed by atoms with E-state index in [-0.39, 0.29) is 11.9 Å². The zero-order chi connectivity index (χ0) is 17.9. The number of carbonyl (C=O) groups is 1. The van der Waals surface area contributed by atoms with Crippen molar-refractivity contribution in [2.24, 2.45) is 5.92 Å². The first-order chi connectivity index (χ1) is 12.7. The lowest BCUT2D eigenvalue weighted by Crippen LogP contribution is -2.57. The van der Waals surface area contributed by atoms with Crippen LogP contribution >= 0.6 is 11.8 Å². The smallest absolute Gasteiger partial charge is 0.251 e. The molecular weight excluding hydrogens is 344 g/mol. The number of rotatable bonds is 4. The number of nitrogens with zero attached hydrogens (tertiary/aromatic N) is 3. The number of hydrogen-bond acceptors (Lipinski definition) is 5. The van der Waals surface area contributed by atoms with Gasteiger partial charge in [0.1, 0.15) is 16.8 Å². The minimum absolute atomic E-state index is 0.00454. The molecular formula is C20H20N4OS. The maximum atomic E-state index is 12.6. The Morgan fingerprint density at radius 2 is 1.96 bits per heavy atom. The summed E-state index contributed by atoms with van der Waals surface area (Å²) in [7, 11) is 0. The SMILES string of the molecule is N#Cc1cccc(Sc2ccc(C(=O)NC3CN4CCC3CC4)cc2)n1. The third-order valence-electron chi connectivity index (χ3n) is 5.15. The van der Waals surface area contributed by atoms with Crippen LogP contribution in [0.5, 0.6) is 0 Å². The fourth-order valence-corrected chi connectivity index (χ4v) is 4.51. The van der Waals surface area contributed by atoms with Gasteiger partial charge in [0.05, 0.1) is 0 Å². The highest BCUT2D eigenvalue weighted by Gasteiger charge is 2.34. The Bertz CT molecular complexity index is 838. The summed E-state index contributed by atoms with van der Waals surface area (Å²) in [4.78, 5) is 20.2. The number of carbonyl (C=O) groups excluding carboxylic acids is 1. The zero-order valence-corrected chi connectivity index (χ0v) is 15.2. The first-order valence-electron chi connectivity index (χ1n) is 8.89. The average Bonchev–Trinajstić information content (AvgIpc) is 2.69. The summed E-state index contributed by atoms with van der Waals surface area (Å²) in [6.07, 6.45) is 2.38. The van der Waals surface area contributed by atoms with Crippen LogP contribution < -0.4 is 5.32 Å². The van der Waals surface area contributed by atoms with Crippen molar-refractivity contribution in [1.29, 1.82) is 5.26 Å². The van der Waals surface area contributed by atoms with Gasteiger partial charge in [0.2, 0.25) is 0 Å². The number of aromatic nitrogens is 1. The molecule has 2 aromatic rings. The molecule has 132 valence electrons. The largest absolute Gasteiger partial charge is 0.348 e. The Kier molecular flexibility index (Phi) is 4.91. The van der Waals surface area contributed by atoms with Gasteiger partial charge in [-0.3, -0.25) is 4.79 Å². The predicted octanol–water partition coefficient (Wildman–Crippen LogP) is 2.93. The number of nitrogens with one attached hydrogen (secondary N) is 1. The third-order valence-corrected chi connectivity index (χ3v) is 6.09. The lowest BCUT2D eigenvalue weighted by molar-refractivity contribution is 0.0620. The van der Waals surface area contributed by atoms with E-state index in [4.69, 9.17) is 5.26 Å². The maximum Gasteiger partial charge on any atom is 0.251 e. The maximum absolute atomic E-state index is 12.6. The molecule has 1 N–H and O–H groups in total. The lowest BCUT2D eigenvalue weighted by Gasteiger charge is -2.44. The lowest BCUT2D eigenvalue weighted by atomic mass is 9.84. The van der Waals surface area contributed by atoms with Gasteiger partial charge < -0.3 is 10.2 Å².